The normalized spacial score (nSPS) is 13.1. The molecule has 0 aliphatic carbocycles. The fraction of sp³-hybridized carbons (Fsp3) is 0.302. The first-order valence-corrected chi connectivity index (χ1v) is 38.9. The zero-order valence-corrected chi connectivity index (χ0v) is 70.2. The molecule has 0 aliphatic heterocycles. The van der Waals surface area contributed by atoms with Gasteiger partial charge in [0.25, 0.3) is 0 Å². The quantitative estimate of drug-likeness (QED) is 0.166. The summed E-state index contributed by atoms with van der Waals surface area (Å²) in [6, 6.07) is 98.5. The molecule has 5 heterocycles. The minimum Gasteiger partial charge on any atom is -0.294 e. The lowest BCUT2D eigenvalue weighted by Crippen LogP contribution is -2.16. The third-order valence-electron chi connectivity index (χ3n) is 19.0. The molecule has 9 aromatic carbocycles. The Morgan fingerprint density at radius 3 is 1.16 bits per heavy atom. The van der Waals surface area contributed by atoms with E-state index in [4.69, 9.17) is 16.0 Å². The van der Waals surface area contributed by atoms with Crippen LogP contribution in [0.15, 0.2) is 310 Å². The van der Waals surface area contributed by atoms with Gasteiger partial charge < -0.3 is 0 Å². The number of benzene rings is 9. The third kappa shape index (κ3) is 24.7. The van der Waals surface area contributed by atoms with Crippen LogP contribution in [0.1, 0.15) is 219 Å². The molecule has 5 nitrogen and oxygen atoms in total. The number of aryl methyl sites for hydroxylation is 3. The molecule has 574 valence electrons. The highest BCUT2D eigenvalue weighted by molar-refractivity contribution is 6.09. The predicted molar refractivity (Wildman–Crippen MR) is 482 cm³/mol. The molecule has 5 heteroatoms. The van der Waals surface area contributed by atoms with E-state index in [1.807, 2.05) is 133 Å². The summed E-state index contributed by atoms with van der Waals surface area (Å²) in [5.41, 5.74) is 21.0. The number of aromatic nitrogens is 5. The van der Waals surface area contributed by atoms with Crippen LogP contribution in [-0.2, 0) is 44.3 Å². The van der Waals surface area contributed by atoms with Crippen LogP contribution < -0.4 is 0 Å². The van der Waals surface area contributed by atoms with E-state index in [1.165, 1.54) is 66.3 Å². The Morgan fingerprint density at radius 1 is 0.306 bits per heavy atom. The fourth-order valence-electron chi connectivity index (χ4n) is 12.7. The topological polar surface area (TPSA) is 56.5 Å². The molecular weight excluding hydrogens is 1340 g/mol. The van der Waals surface area contributed by atoms with Crippen molar-refractivity contribution in [2.45, 2.75) is 210 Å². The molecular formula is C106H125N5. The second kappa shape index (κ2) is 37.9. The number of pyridine rings is 4. The molecule has 0 bridgehead atoms. The Balaban J connectivity index is 0.000000175. The Bertz CT molecular complexity index is 5400. The fourth-order valence-corrected chi connectivity index (χ4v) is 12.7. The second-order valence-electron chi connectivity index (χ2n) is 35.3. The lowest BCUT2D eigenvalue weighted by atomic mass is 9.82. The van der Waals surface area contributed by atoms with Gasteiger partial charge in [-0.2, -0.15) is 0 Å². The van der Waals surface area contributed by atoms with Gasteiger partial charge in [0, 0.05) is 73.7 Å². The summed E-state index contributed by atoms with van der Waals surface area (Å²) in [6.07, 6.45) is 4.25. The van der Waals surface area contributed by atoms with Gasteiger partial charge in [0.05, 0.1) is 22.4 Å². The SMILES string of the molecule is CC(C)(C)c1ccc(-c2ccccc2)cc1.CC(C)(C)c1ccc(-n2c3ccccc3c3ccccc32)nc1.CC(C)(C)c1ccccc1-c1ccccc1.CC(C)(C)c1ccncc1.[2H]C([2H])(C)c1ccc(-c2ccccc2)c(C(C)(C)C)n1.[2H]C([2H])([2H])c1ccc(-c2ccccc2)nc1C(C)(C)C.[2H]C([2H])([2H])c1ccccc1C(C)(C)C. The molecule has 5 aromatic heterocycles. The van der Waals surface area contributed by atoms with Gasteiger partial charge in [0.2, 0.25) is 0 Å². The van der Waals surface area contributed by atoms with Gasteiger partial charge in [0.15, 0.2) is 0 Å². The summed E-state index contributed by atoms with van der Waals surface area (Å²) in [7, 11) is 0. The highest BCUT2D eigenvalue weighted by atomic mass is 15.1. The number of fused-ring (bicyclic) bond motifs is 3. The van der Waals surface area contributed by atoms with E-state index < -0.39 is 20.1 Å². The van der Waals surface area contributed by atoms with Gasteiger partial charge in [-0.3, -0.25) is 19.5 Å². The van der Waals surface area contributed by atoms with E-state index in [1.54, 1.807) is 37.3 Å². The molecule has 111 heavy (non-hydrogen) atoms. The van der Waals surface area contributed by atoms with Crippen LogP contribution >= 0.6 is 0 Å². The Labute approximate surface area is 680 Å². The molecule has 0 fully saturated rings. The third-order valence-corrected chi connectivity index (χ3v) is 19.0. The second-order valence-corrected chi connectivity index (χ2v) is 35.3. The van der Waals surface area contributed by atoms with E-state index >= 15 is 0 Å². The van der Waals surface area contributed by atoms with Crippen LogP contribution in [0, 0.1) is 13.7 Å². The molecule has 0 N–H and O–H groups in total. The summed E-state index contributed by atoms with van der Waals surface area (Å²) in [6.45, 7) is 42.5. The number of nitrogens with zero attached hydrogens (tertiary/aromatic N) is 5. The van der Waals surface area contributed by atoms with Crippen LogP contribution in [0.25, 0.3) is 72.3 Å². The summed E-state index contributed by atoms with van der Waals surface area (Å²) in [4.78, 5) is 17.9. The van der Waals surface area contributed by atoms with Gasteiger partial charge in [-0.15, -0.1) is 0 Å². The summed E-state index contributed by atoms with van der Waals surface area (Å²) < 4.78 is 63.2. The summed E-state index contributed by atoms with van der Waals surface area (Å²) in [5.74, 6) is 0.968. The number of hydrogen-bond acceptors (Lipinski definition) is 4. The van der Waals surface area contributed by atoms with Crippen molar-refractivity contribution < 1.29 is 11.0 Å². The lowest BCUT2D eigenvalue weighted by molar-refractivity contribution is 0.565. The van der Waals surface area contributed by atoms with Crippen molar-refractivity contribution in [1.82, 2.24) is 24.5 Å². The van der Waals surface area contributed by atoms with Crippen molar-refractivity contribution in [3.8, 4) is 50.5 Å². The van der Waals surface area contributed by atoms with Crippen LogP contribution in [0.2, 0.25) is 0 Å². The highest BCUT2D eigenvalue weighted by Gasteiger charge is 2.24. The van der Waals surface area contributed by atoms with Crippen molar-refractivity contribution in [1.29, 1.82) is 0 Å². The van der Waals surface area contributed by atoms with E-state index in [-0.39, 0.29) is 37.9 Å². The molecule has 0 amide bonds. The first kappa shape index (κ1) is 74.5. The van der Waals surface area contributed by atoms with Crippen molar-refractivity contribution in [2.24, 2.45) is 0 Å². The molecule has 14 aromatic rings. The molecule has 0 saturated heterocycles. The minimum absolute atomic E-state index is 0.117. The monoisotopic (exact) mass is 1480 g/mol. The number of para-hydroxylation sites is 2. The Kier molecular flexibility index (Phi) is 25.4. The Hall–Kier alpha value is -10.6. The molecule has 0 aliphatic rings. The van der Waals surface area contributed by atoms with Crippen LogP contribution in [-0.4, -0.2) is 24.5 Å². The maximum atomic E-state index is 7.85. The van der Waals surface area contributed by atoms with E-state index in [0.29, 0.717) is 22.5 Å². The van der Waals surface area contributed by atoms with Crippen LogP contribution in [0.3, 0.4) is 0 Å². The smallest absolute Gasteiger partial charge is 0.137 e. The predicted octanol–water partition coefficient (Wildman–Crippen LogP) is 29.4. The molecule has 0 unspecified atom stereocenters. The summed E-state index contributed by atoms with van der Waals surface area (Å²) in [5, 5.41) is 2.54. The van der Waals surface area contributed by atoms with Gasteiger partial charge in [0.1, 0.15) is 5.82 Å². The lowest BCUT2D eigenvalue weighted by Gasteiger charge is -2.23. The molecule has 0 atom stereocenters. The van der Waals surface area contributed by atoms with Crippen molar-refractivity contribution in [3.63, 3.8) is 0 Å². The molecule has 14 rings (SSSR count). The first-order chi connectivity index (χ1) is 55.4. The molecule has 0 saturated carbocycles. The Morgan fingerprint density at radius 2 is 0.721 bits per heavy atom. The minimum atomic E-state index is -2.13. The van der Waals surface area contributed by atoms with E-state index in [9.17, 15) is 0 Å². The molecule has 0 radical (unpaired) electrons. The molecule has 0 spiro atoms. The first-order valence-electron chi connectivity index (χ1n) is 42.9. The zero-order chi connectivity index (χ0) is 87.7. The zero-order valence-electron chi connectivity index (χ0n) is 78.2. The van der Waals surface area contributed by atoms with Crippen LogP contribution in [0.5, 0.6) is 0 Å². The van der Waals surface area contributed by atoms with Crippen molar-refractivity contribution in [3.05, 3.63) is 366 Å². The maximum Gasteiger partial charge on any atom is 0.137 e. The average Bonchev–Trinajstić information content (AvgIpc) is 1.61. The van der Waals surface area contributed by atoms with Crippen molar-refractivity contribution in [2.75, 3.05) is 0 Å². The van der Waals surface area contributed by atoms with Gasteiger partial charge in [-0.1, -0.05) is 401 Å². The highest BCUT2D eigenvalue weighted by Crippen LogP contribution is 2.37. The van der Waals surface area contributed by atoms with Gasteiger partial charge in [-0.25, -0.2) is 4.98 Å². The number of hydrogen-bond donors (Lipinski definition) is 0. The largest absolute Gasteiger partial charge is 0.294 e. The summed E-state index contributed by atoms with van der Waals surface area (Å²) >= 11 is 0. The average molecular weight is 1480 g/mol. The van der Waals surface area contributed by atoms with Crippen LogP contribution in [0.4, 0.5) is 0 Å². The van der Waals surface area contributed by atoms with E-state index in [0.717, 1.165) is 39.5 Å². The van der Waals surface area contributed by atoms with E-state index in [2.05, 4.69) is 311 Å². The van der Waals surface area contributed by atoms with Gasteiger partial charge in [-0.05, 0) is 156 Å². The number of rotatable bonds is 6. The standard InChI is InChI=1S/C21H20N2.C17H21N.C16H19N.2C16H18.C11H16.C9H13N/c1-21(2,3)15-12-13-20(22-14-15)23-18-10-6-4-8-16(18)17-9-5-7-11-19(17)23;1-5-14-11-12-15(13-9-7-6-8-10-13)16(18-14)17(2,3)4;1-12-10-11-14(13-8-6-5-7-9-13)17-15(12)16(2,3)4;1-16(2,3)15-12-8-7-11-14(15)13-9-5-4-6-10-13;1-16(2,3)15-11-9-14(10-12-15)13-7-5-4-6-8-13;1-9-7-5-6-8-10(9)11(2,3)4;1-9(2,3)8-4-6-10-7-5-8/h4-14H,1-3H3;6-12H,5H2,1-4H3;5-11H,1-4H3;2*4-12H,1-3H3;5-8H,1-4H3;4-7H,1-3H3/i;5D2;1D3;;;1D3;. The van der Waals surface area contributed by atoms with Gasteiger partial charge >= 0.3 is 0 Å². The maximum absolute atomic E-state index is 7.85. The van der Waals surface area contributed by atoms with Crippen molar-refractivity contribution >= 4 is 21.8 Å².